The van der Waals surface area contributed by atoms with Gasteiger partial charge in [-0.05, 0) is 43.0 Å². The SMILES string of the molecule is O=C(NCC1CCCCC1)c1cnc(Nc2cccc(Br)c2)cc1C(F)(F)F. The van der Waals surface area contributed by atoms with Crippen molar-refractivity contribution in [2.24, 2.45) is 5.92 Å². The Morgan fingerprint density at radius 1 is 1.18 bits per heavy atom. The molecule has 1 amide bonds. The zero-order chi connectivity index (χ0) is 20.1. The van der Waals surface area contributed by atoms with Gasteiger partial charge < -0.3 is 10.6 Å². The monoisotopic (exact) mass is 455 g/mol. The fourth-order valence-electron chi connectivity index (χ4n) is 3.38. The summed E-state index contributed by atoms with van der Waals surface area (Å²) in [4.78, 5) is 16.4. The number of nitrogens with zero attached hydrogens (tertiary/aromatic N) is 1. The van der Waals surface area contributed by atoms with E-state index in [0.717, 1.165) is 42.4 Å². The van der Waals surface area contributed by atoms with Gasteiger partial charge in [-0.3, -0.25) is 4.79 Å². The average Bonchev–Trinajstić information content (AvgIpc) is 2.66. The Bertz CT molecular complexity index is 836. The molecule has 0 aliphatic heterocycles. The van der Waals surface area contributed by atoms with Gasteiger partial charge in [0.2, 0.25) is 0 Å². The molecule has 3 rings (SSSR count). The van der Waals surface area contributed by atoms with E-state index < -0.39 is 23.2 Å². The predicted octanol–water partition coefficient (Wildman–Crippen LogP) is 5.92. The number of amides is 1. The summed E-state index contributed by atoms with van der Waals surface area (Å²) in [5.74, 6) is -0.383. The van der Waals surface area contributed by atoms with E-state index >= 15 is 0 Å². The van der Waals surface area contributed by atoms with Crippen LogP contribution in [0.1, 0.15) is 48.0 Å². The lowest BCUT2D eigenvalue weighted by atomic mass is 9.89. The van der Waals surface area contributed by atoms with Crippen molar-refractivity contribution in [1.82, 2.24) is 10.3 Å². The fourth-order valence-corrected chi connectivity index (χ4v) is 3.78. The van der Waals surface area contributed by atoms with Gasteiger partial charge >= 0.3 is 6.18 Å². The standard InChI is InChI=1S/C20H21BrF3N3O/c21-14-7-4-8-15(9-14)27-18-10-17(20(22,23)24)16(12-25-18)19(28)26-11-13-5-2-1-3-6-13/h4,7-10,12-13H,1-3,5-6,11H2,(H,25,27)(H,26,28). The van der Waals surface area contributed by atoms with Gasteiger partial charge in [-0.25, -0.2) is 4.98 Å². The normalized spacial score (nSPS) is 15.3. The van der Waals surface area contributed by atoms with Crippen molar-refractivity contribution >= 4 is 33.3 Å². The predicted molar refractivity (Wildman–Crippen MR) is 106 cm³/mol. The number of rotatable bonds is 5. The van der Waals surface area contributed by atoms with Crippen LogP contribution in [0.3, 0.4) is 0 Å². The van der Waals surface area contributed by atoms with E-state index in [2.05, 4.69) is 31.5 Å². The third-order valence-electron chi connectivity index (χ3n) is 4.83. The van der Waals surface area contributed by atoms with Crippen LogP contribution in [0.15, 0.2) is 41.0 Å². The quantitative estimate of drug-likeness (QED) is 0.588. The van der Waals surface area contributed by atoms with Crippen LogP contribution in [0.2, 0.25) is 0 Å². The topological polar surface area (TPSA) is 54.0 Å². The second-order valence-corrected chi connectivity index (χ2v) is 7.88. The lowest BCUT2D eigenvalue weighted by Gasteiger charge is -2.22. The molecule has 2 aromatic rings. The number of carbonyl (C=O) groups excluding carboxylic acids is 1. The number of aromatic nitrogens is 1. The zero-order valence-corrected chi connectivity index (χ0v) is 16.7. The minimum absolute atomic E-state index is 0.0225. The van der Waals surface area contributed by atoms with Crippen molar-refractivity contribution in [2.45, 2.75) is 38.3 Å². The fraction of sp³-hybridized carbons (Fsp3) is 0.400. The molecule has 28 heavy (non-hydrogen) atoms. The van der Waals surface area contributed by atoms with Gasteiger partial charge in [0.15, 0.2) is 0 Å². The van der Waals surface area contributed by atoms with Crippen molar-refractivity contribution in [3.8, 4) is 0 Å². The first-order valence-corrected chi connectivity index (χ1v) is 10.0. The Kier molecular flexibility index (Phi) is 6.59. The number of halogens is 4. The summed E-state index contributed by atoms with van der Waals surface area (Å²) in [5.41, 5.74) is -0.867. The maximum Gasteiger partial charge on any atom is 0.417 e. The molecule has 8 heteroatoms. The molecule has 0 spiro atoms. The summed E-state index contributed by atoms with van der Waals surface area (Å²) >= 11 is 3.31. The molecule has 4 nitrogen and oxygen atoms in total. The number of alkyl halides is 3. The van der Waals surface area contributed by atoms with Crippen LogP contribution in [-0.4, -0.2) is 17.4 Å². The number of hydrogen-bond donors (Lipinski definition) is 2. The number of pyridine rings is 1. The summed E-state index contributed by atoms with van der Waals surface area (Å²) in [5, 5.41) is 5.49. The highest BCUT2D eigenvalue weighted by Crippen LogP contribution is 2.34. The van der Waals surface area contributed by atoms with Gasteiger partial charge in [0.25, 0.3) is 5.91 Å². The summed E-state index contributed by atoms with van der Waals surface area (Å²) in [7, 11) is 0. The smallest absolute Gasteiger partial charge is 0.352 e. The third-order valence-corrected chi connectivity index (χ3v) is 5.32. The van der Waals surface area contributed by atoms with Crippen LogP contribution in [0.5, 0.6) is 0 Å². The van der Waals surface area contributed by atoms with E-state index in [9.17, 15) is 18.0 Å². The van der Waals surface area contributed by atoms with E-state index in [1.54, 1.807) is 24.3 Å². The third kappa shape index (κ3) is 5.47. The number of carbonyl (C=O) groups is 1. The highest BCUT2D eigenvalue weighted by molar-refractivity contribution is 9.10. The molecule has 150 valence electrons. The van der Waals surface area contributed by atoms with Crippen molar-refractivity contribution < 1.29 is 18.0 Å². The largest absolute Gasteiger partial charge is 0.417 e. The number of nitrogens with one attached hydrogen (secondary N) is 2. The molecule has 1 aromatic carbocycles. The van der Waals surface area contributed by atoms with E-state index in [-0.39, 0.29) is 5.82 Å². The first-order chi connectivity index (χ1) is 13.3. The van der Waals surface area contributed by atoms with Crippen molar-refractivity contribution in [1.29, 1.82) is 0 Å². The second-order valence-electron chi connectivity index (χ2n) is 6.96. The van der Waals surface area contributed by atoms with E-state index in [1.165, 1.54) is 6.42 Å². The van der Waals surface area contributed by atoms with Crippen LogP contribution in [0.25, 0.3) is 0 Å². The molecule has 1 fully saturated rings. The molecule has 0 saturated heterocycles. The minimum atomic E-state index is -4.66. The molecular weight excluding hydrogens is 435 g/mol. The van der Waals surface area contributed by atoms with Crippen LogP contribution in [0.4, 0.5) is 24.7 Å². The Morgan fingerprint density at radius 2 is 1.93 bits per heavy atom. The number of benzene rings is 1. The molecule has 1 aromatic heterocycles. The molecule has 1 aliphatic carbocycles. The highest BCUT2D eigenvalue weighted by atomic mass is 79.9. The summed E-state index contributed by atoms with van der Waals surface area (Å²) in [6, 6.07) is 7.87. The molecular formula is C20H21BrF3N3O. The van der Waals surface area contributed by atoms with Gasteiger partial charge in [0.1, 0.15) is 5.82 Å². The van der Waals surface area contributed by atoms with Gasteiger partial charge in [0, 0.05) is 22.9 Å². The molecule has 0 unspecified atom stereocenters. The minimum Gasteiger partial charge on any atom is -0.352 e. The molecule has 0 bridgehead atoms. The molecule has 0 radical (unpaired) electrons. The average molecular weight is 456 g/mol. The van der Waals surface area contributed by atoms with Gasteiger partial charge in [-0.1, -0.05) is 41.3 Å². The first kappa shape index (κ1) is 20.6. The highest BCUT2D eigenvalue weighted by Gasteiger charge is 2.36. The maximum atomic E-state index is 13.5. The van der Waals surface area contributed by atoms with Crippen LogP contribution in [-0.2, 0) is 6.18 Å². The molecule has 1 aliphatic rings. The lowest BCUT2D eigenvalue weighted by Crippen LogP contribution is -2.32. The summed E-state index contributed by atoms with van der Waals surface area (Å²) in [6.45, 7) is 0.397. The lowest BCUT2D eigenvalue weighted by molar-refractivity contribution is -0.137. The number of hydrogen-bond acceptors (Lipinski definition) is 3. The summed E-state index contributed by atoms with van der Waals surface area (Å²) in [6.07, 6.45) is 1.71. The Hall–Kier alpha value is -2.09. The van der Waals surface area contributed by atoms with Crippen molar-refractivity contribution in [3.05, 3.63) is 52.1 Å². The van der Waals surface area contributed by atoms with Crippen LogP contribution < -0.4 is 10.6 Å². The zero-order valence-electron chi connectivity index (χ0n) is 15.2. The summed E-state index contributed by atoms with van der Waals surface area (Å²) < 4.78 is 41.4. The van der Waals surface area contributed by atoms with Gasteiger partial charge in [-0.15, -0.1) is 0 Å². The van der Waals surface area contributed by atoms with Crippen LogP contribution in [0, 0.1) is 5.92 Å². The van der Waals surface area contributed by atoms with Crippen molar-refractivity contribution in [3.63, 3.8) is 0 Å². The van der Waals surface area contributed by atoms with E-state index in [1.807, 2.05) is 0 Å². The second kappa shape index (κ2) is 8.94. The Labute approximate surface area is 170 Å². The van der Waals surface area contributed by atoms with Crippen molar-refractivity contribution in [2.75, 3.05) is 11.9 Å². The van der Waals surface area contributed by atoms with Gasteiger partial charge in [0.05, 0.1) is 11.1 Å². The number of anilines is 2. The maximum absolute atomic E-state index is 13.5. The molecule has 0 atom stereocenters. The van der Waals surface area contributed by atoms with E-state index in [4.69, 9.17) is 0 Å². The van der Waals surface area contributed by atoms with Gasteiger partial charge in [-0.2, -0.15) is 13.2 Å². The molecule has 1 heterocycles. The molecule has 1 saturated carbocycles. The van der Waals surface area contributed by atoms with E-state index in [0.29, 0.717) is 18.2 Å². The first-order valence-electron chi connectivity index (χ1n) is 9.21. The molecule has 2 N–H and O–H groups in total. The van der Waals surface area contributed by atoms with Crippen LogP contribution >= 0.6 is 15.9 Å². The Morgan fingerprint density at radius 3 is 2.61 bits per heavy atom. The Balaban J connectivity index is 1.77.